The Hall–Kier alpha value is -5.86. The zero-order chi connectivity index (χ0) is 32.0. The van der Waals surface area contributed by atoms with Gasteiger partial charge in [-0.2, -0.15) is 0 Å². The van der Waals surface area contributed by atoms with Crippen molar-refractivity contribution in [1.29, 1.82) is 0 Å². The Morgan fingerprint density at radius 2 is 0.979 bits per heavy atom. The molecule has 0 unspecified atom stereocenters. The highest BCUT2D eigenvalue weighted by molar-refractivity contribution is 6.03. The van der Waals surface area contributed by atoms with E-state index in [1.54, 1.807) is 0 Å². The molecule has 1 spiro atoms. The Balaban J connectivity index is 1.14. The van der Waals surface area contributed by atoms with Crippen LogP contribution in [0.4, 0.5) is 0 Å². The Morgan fingerprint density at radius 1 is 0.417 bits per heavy atom. The molecule has 2 nitrogen and oxygen atoms in total. The minimum absolute atomic E-state index is 0.108. The molecular weight excluding hydrogens is 581 g/mol. The molecule has 0 saturated carbocycles. The standard InChI is InChI=1S/C46H32N2/c1-45(2)37-13-5-7-15-39(37)46(40-16-8-6-14-38(40)45)36-12-4-3-11-34(36)35-25-23-33(28-41(35)46)29-17-19-30(20-18-29)42-26-24-32-22-21-31-10-9-27-47-43(31)44(32)48-42/h3-28H,1-2H3. The zero-order valence-corrected chi connectivity index (χ0v) is 26.9. The van der Waals surface area contributed by atoms with Crippen molar-refractivity contribution in [3.8, 4) is 33.5 Å². The summed E-state index contributed by atoms with van der Waals surface area (Å²) in [6, 6.07) is 55.9. The molecule has 2 aliphatic carbocycles. The van der Waals surface area contributed by atoms with Gasteiger partial charge in [-0.15, -0.1) is 0 Å². The summed E-state index contributed by atoms with van der Waals surface area (Å²) < 4.78 is 0. The fourth-order valence-electron chi connectivity index (χ4n) is 8.76. The smallest absolute Gasteiger partial charge is 0.0972 e. The molecule has 0 fully saturated rings. The SMILES string of the molecule is CC1(C)c2ccccc2C2(c3ccccc3-c3ccc(-c4ccc(-c5ccc6ccc7cccnc7c6n5)cc4)cc32)c2ccccc21. The third-order valence-corrected chi connectivity index (χ3v) is 11.0. The van der Waals surface area contributed by atoms with Gasteiger partial charge in [-0.25, -0.2) is 4.98 Å². The molecule has 8 aromatic rings. The summed E-state index contributed by atoms with van der Waals surface area (Å²) in [5.74, 6) is 0. The molecule has 48 heavy (non-hydrogen) atoms. The zero-order valence-electron chi connectivity index (χ0n) is 26.9. The number of fused-ring (bicyclic) bond motifs is 12. The first-order chi connectivity index (χ1) is 23.5. The molecule has 0 aliphatic heterocycles. The largest absolute Gasteiger partial charge is 0.254 e. The van der Waals surface area contributed by atoms with Crippen molar-refractivity contribution in [3.63, 3.8) is 0 Å². The molecule has 0 atom stereocenters. The van der Waals surface area contributed by atoms with E-state index >= 15 is 0 Å². The summed E-state index contributed by atoms with van der Waals surface area (Å²) >= 11 is 0. The molecule has 0 bridgehead atoms. The van der Waals surface area contributed by atoms with E-state index in [-0.39, 0.29) is 5.41 Å². The van der Waals surface area contributed by atoms with Crippen LogP contribution in [-0.2, 0) is 10.8 Å². The number of benzene rings is 6. The van der Waals surface area contributed by atoms with Gasteiger partial charge in [-0.1, -0.05) is 147 Å². The maximum Gasteiger partial charge on any atom is 0.0972 e. The second kappa shape index (κ2) is 9.82. The third-order valence-electron chi connectivity index (χ3n) is 11.0. The molecule has 2 aliphatic rings. The minimum atomic E-state index is -0.392. The predicted octanol–water partition coefficient (Wildman–Crippen LogP) is 11.1. The number of rotatable bonds is 2. The van der Waals surface area contributed by atoms with E-state index in [0.29, 0.717) is 0 Å². The van der Waals surface area contributed by atoms with E-state index in [9.17, 15) is 0 Å². The van der Waals surface area contributed by atoms with Crippen LogP contribution in [0.3, 0.4) is 0 Å². The second-order valence-electron chi connectivity index (χ2n) is 13.8. The first kappa shape index (κ1) is 27.3. The Morgan fingerprint density at radius 3 is 1.71 bits per heavy atom. The fourth-order valence-corrected chi connectivity index (χ4v) is 8.76. The highest BCUT2D eigenvalue weighted by Gasteiger charge is 2.53. The van der Waals surface area contributed by atoms with Crippen LogP contribution >= 0.6 is 0 Å². The van der Waals surface area contributed by atoms with Gasteiger partial charge in [0.05, 0.1) is 22.1 Å². The van der Waals surface area contributed by atoms with E-state index in [1.807, 2.05) is 12.3 Å². The van der Waals surface area contributed by atoms with Crippen molar-refractivity contribution in [1.82, 2.24) is 9.97 Å². The summed E-state index contributed by atoms with van der Waals surface area (Å²) in [6.45, 7) is 4.75. The summed E-state index contributed by atoms with van der Waals surface area (Å²) in [7, 11) is 0. The Kier molecular flexibility index (Phi) is 5.58. The van der Waals surface area contributed by atoms with Gasteiger partial charge >= 0.3 is 0 Å². The normalized spacial score (nSPS) is 14.8. The molecule has 10 rings (SSSR count). The third kappa shape index (κ3) is 3.58. The molecule has 2 aromatic heterocycles. The molecular formula is C46H32N2. The quantitative estimate of drug-likeness (QED) is 0.182. The molecule has 2 heteroatoms. The van der Waals surface area contributed by atoms with Gasteiger partial charge in [0.2, 0.25) is 0 Å². The lowest BCUT2D eigenvalue weighted by Crippen LogP contribution is -2.40. The number of hydrogen-bond acceptors (Lipinski definition) is 2. The summed E-state index contributed by atoms with van der Waals surface area (Å²) in [4.78, 5) is 9.75. The monoisotopic (exact) mass is 612 g/mol. The summed E-state index contributed by atoms with van der Waals surface area (Å²) in [6.07, 6.45) is 1.84. The lowest BCUT2D eigenvalue weighted by molar-refractivity contribution is 0.563. The summed E-state index contributed by atoms with van der Waals surface area (Å²) in [5, 5.41) is 2.21. The van der Waals surface area contributed by atoms with E-state index in [2.05, 4.69) is 164 Å². The highest BCUT2D eigenvalue weighted by Crippen LogP contribution is 2.62. The minimum Gasteiger partial charge on any atom is -0.254 e. The predicted molar refractivity (Wildman–Crippen MR) is 197 cm³/mol. The first-order valence-electron chi connectivity index (χ1n) is 16.7. The van der Waals surface area contributed by atoms with Crippen molar-refractivity contribution in [2.45, 2.75) is 24.7 Å². The van der Waals surface area contributed by atoms with Crippen molar-refractivity contribution in [3.05, 3.63) is 191 Å². The average Bonchev–Trinajstić information content (AvgIpc) is 3.44. The van der Waals surface area contributed by atoms with Crippen molar-refractivity contribution >= 4 is 21.8 Å². The number of pyridine rings is 2. The molecule has 0 N–H and O–H groups in total. The molecule has 226 valence electrons. The molecule has 0 amide bonds. The maximum absolute atomic E-state index is 5.10. The van der Waals surface area contributed by atoms with Crippen LogP contribution in [0.15, 0.2) is 158 Å². The van der Waals surface area contributed by atoms with Gasteiger partial charge in [0.15, 0.2) is 0 Å². The van der Waals surface area contributed by atoms with Crippen LogP contribution in [-0.4, -0.2) is 9.97 Å². The Labute approximate surface area is 280 Å². The molecule has 6 aromatic carbocycles. The van der Waals surface area contributed by atoms with E-state index in [4.69, 9.17) is 4.98 Å². The van der Waals surface area contributed by atoms with Gasteiger partial charge in [0, 0.05) is 27.9 Å². The van der Waals surface area contributed by atoms with Crippen LogP contribution in [0.1, 0.15) is 47.2 Å². The maximum atomic E-state index is 5.10. The van der Waals surface area contributed by atoms with Gasteiger partial charge in [-0.05, 0) is 73.8 Å². The van der Waals surface area contributed by atoms with Crippen LogP contribution in [0.2, 0.25) is 0 Å². The van der Waals surface area contributed by atoms with Crippen LogP contribution in [0.5, 0.6) is 0 Å². The van der Waals surface area contributed by atoms with Crippen LogP contribution in [0, 0.1) is 0 Å². The topological polar surface area (TPSA) is 25.8 Å². The van der Waals surface area contributed by atoms with Gasteiger partial charge < -0.3 is 0 Å². The van der Waals surface area contributed by atoms with Crippen molar-refractivity contribution in [2.75, 3.05) is 0 Å². The Bertz CT molecular complexity index is 2540. The number of aromatic nitrogens is 2. The van der Waals surface area contributed by atoms with E-state index in [1.165, 1.54) is 55.6 Å². The lowest BCUT2D eigenvalue weighted by Gasteiger charge is -2.46. The first-order valence-corrected chi connectivity index (χ1v) is 16.7. The molecule has 0 saturated heterocycles. The average molecular weight is 613 g/mol. The van der Waals surface area contributed by atoms with Crippen molar-refractivity contribution in [2.24, 2.45) is 0 Å². The highest BCUT2D eigenvalue weighted by atomic mass is 14.7. The van der Waals surface area contributed by atoms with Crippen LogP contribution < -0.4 is 0 Å². The molecule has 2 heterocycles. The second-order valence-corrected chi connectivity index (χ2v) is 13.8. The van der Waals surface area contributed by atoms with Gasteiger partial charge in [0.25, 0.3) is 0 Å². The van der Waals surface area contributed by atoms with Crippen molar-refractivity contribution < 1.29 is 0 Å². The lowest BCUT2D eigenvalue weighted by atomic mass is 9.55. The van der Waals surface area contributed by atoms with Gasteiger partial charge in [0.1, 0.15) is 0 Å². The number of hydrogen-bond donors (Lipinski definition) is 0. The van der Waals surface area contributed by atoms with E-state index in [0.717, 1.165) is 33.1 Å². The number of nitrogens with zero attached hydrogens (tertiary/aromatic N) is 2. The summed E-state index contributed by atoms with van der Waals surface area (Å²) in [5.41, 5.74) is 16.8. The van der Waals surface area contributed by atoms with Gasteiger partial charge in [-0.3, -0.25) is 4.98 Å². The molecule has 0 radical (unpaired) electrons. The fraction of sp³-hybridized carbons (Fsp3) is 0.0870. The van der Waals surface area contributed by atoms with E-state index < -0.39 is 5.41 Å². The van der Waals surface area contributed by atoms with Crippen LogP contribution in [0.25, 0.3) is 55.3 Å².